The van der Waals surface area contributed by atoms with Gasteiger partial charge in [-0.3, -0.25) is 9.59 Å². The van der Waals surface area contributed by atoms with Crippen LogP contribution in [-0.2, 0) is 16.1 Å². The monoisotopic (exact) mass is 485 g/mol. The first-order valence-corrected chi connectivity index (χ1v) is 10.9. The zero-order chi connectivity index (χ0) is 24.7. The lowest BCUT2D eigenvalue weighted by atomic mass is 10.1. The van der Waals surface area contributed by atoms with E-state index in [0.717, 1.165) is 0 Å². The second kappa shape index (κ2) is 11.3. The average molecular weight is 486 g/mol. The maximum Gasteiger partial charge on any atom is 0.408 e. The van der Waals surface area contributed by atoms with Gasteiger partial charge in [0.1, 0.15) is 18.1 Å². The van der Waals surface area contributed by atoms with Gasteiger partial charge in [-0.1, -0.05) is 54.0 Å². The van der Waals surface area contributed by atoms with E-state index in [0.29, 0.717) is 33.0 Å². The van der Waals surface area contributed by atoms with E-state index in [4.69, 9.17) is 26.0 Å². The molecule has 1 aromatic heterocycles. The molecule has 3 N–H and O–H groups in total. The maximum atomic E-state index is 12.2. The van der Waals surface area contributed by atoms with Crippen LogP contribution < -0.4 is 10.6 Å². The van der Waals surface area contributed by atoms with Crippen LogP contribution in [0.2, 0.25) is 5.02 Å². The summed E-state index contributed by atoms with van der Waals surface area (Å²) in [6.07, 6.45) is 0.260. The number of halogens is 1. The van der Waals surface area contributed by atoms with Crippen molar-refractivity contribution in [1.29, 1.82) is 0 Å². The van der Waals surface area contributed by atoms with Gasteiger partial charge in [-0.2, -0.15) is 0 Å². The third-order valence-electron chi connectivity index (χ3n) is 5.10. The number of aromatic nitrogens is 1. The second-order valence-electron chi connectivity index (χ2n) is 7.64. The number of ether oxygens (including phenoxy) is 1. The number of amides is 2. The topological polar surface area (TPSA) is 131 Å². The van der Waals surface area contributed by atoms with Crippen LogP contribution in [0.15, 0.2) is 59.3 Å². The number of rotatable bonds is 9. The van der Waals surface area contributed by atoms with E-state index in [2.05, 4.69) is 15.8 Å². The Labute approximate surface area is 201 Å². The molecule has 0 bridgehead atoms. The van der Waals surface area contributed by atoms with Gasteiger partial charge in [0.05, 0.1) is 12.5 Å². The quantitative estimate of drug-likeness (QED) is 0.408. The minimum Gasteiger partial charge on any atom is -0.481 e. The summed E-state index contributed by atoms with van der Waals surface area (Å²) < 4.78 is 10.5. The zero-order valence-electron chi connectivity index (χ0n) is 18.6. The predicted octanol–water partition coefficient (Wildman–Crippen LogP) is 4.43. The number of aliphatic carboxylic acids is 1. The molecule has 0 spiro atoms. The van der Waals surface area contributed by atoms with Gasteiger partial charge in [0, 0.05) is 33.8 Å². The van der Waals surface area contributed by atoms with E-state index in [9.17, 15) is 14.4 Å². The molecule has 0 saturated heterocycles. The van der Waals surface area contributed by atoms with Gasteiger partial charge in [-0.25, -0.2) is 4.79 Å². The molecule has 3 rings (SSSR count). The molecule has 0 radical (unpaired) electrons. The summed E-state index contributed by atoms with van der Waals surface area (Å²) in [6.45, 7) is 3.38. The molecular formula is C24H24ClN3O6. The molecule has 34 heavy (non-hydrogen) atoms. The van der Waals surface area contributed by atoms with Crippen molar-refractivity contribution in [3.63, 3.8) is 0 Å². The second-order valence-corrected chi connectivity index (χ2v) is 8.04. The van der Waals surface area contributed by atoms with Crippen molar-refractivity contribution in [2.24, 2.45) is 5.92 Å². The summed E-state index contributed by atoms with van der Waals surface area (Å²) in [5, 5.41) is 18.7. The summed E-state index contributed by atoms with van der Waals surface area (Å²) in [7, 11) is 0. The van der Waals surface area contributed by atoms with Crippen molar-refractivity contribution < 1.29 is 28.8 Å². The van der Waals surface area contributed by atoms with Crippen LogP contribution >= 0.6 is 11.6 Å². The van der Waals surface area contributed by atoms with Gasteiger partial charge in [0.25, 0.3) is 5.91 Å². The van der Waals surface area contributed by atoms with Gasteiger partial charge >= 0.3 is 12.1 Å². The van der Waals surface area contributed by atoms with Gasteiger partial charge in [0.2, 0.25) is 0 Å². The van der Waals surface area contributed by atoms with Crippen LogP contribution in [0.25, 0.3) is 11.3 Å². The van der Waals surface area contributed by atoms with Gasteiger partial charge in [0.15, 0.2) is 0 Å². The maximum absolute atomic E-state index is 12.2. The van der Waals surface area contributed by atoms with Crippen molar-refractivity contribution in [2.45, 2.75) is 26.5 Å². The third-order valence-corrected chi connectivity index (χ3v) is 5.45. The molecule has 3 aromatic rings. The Hall–Kier alpha value is -3.85. The molecule has 0 aliphatic rings. The van der Waals surface area contributed by atoms with Crippen molar-refractivity contribution in [3.8, 4) is 11.3 Å². The molecule has 9 nitrogen and oxygen atoms in total. The Bertz CT molecular complexity index is 1160. The number of benzene rings is 2. The molecule has 2 aromatic carbocycles. The number of hydrogen-bond donors (Lipinski definition) is 3. The molecule has 0 saturated carbocycles. The minimum atomic E-state index is -0.981. The number of hydrogen-bond acceptors (Lipinski definition) is 6. The molecule has 2 unspecified atom stereocenters. The van der Waals surface area contributed by atoms with E-state index in [1.807, 2.05) is 6.07 Å². The van der Waals surface area contributed by atoms with Crippen LogP contribution in [0.4, 0.5) is 4.79 Å². The van der Waals surface area contributed by atoms with Crippen molar-refractivity contribution >= 4 is 29.6 Å². The van der Waals surface area contributed by atoms with E-state index in [-0.39, 0.29) is 19.0 Å². The Morgan fingerprint density at radius 2 is 1.79 bits per heavy atom. The molecule has 0 fully saturated rings. The number of nitrogens with zero attached hydrogens (tertiary/aromatic N) is 1. The summed E-state index contributed by atoms with van der Waals surface area (Å²) in [6, 6.07) is 13.7. The fourth-order valence-corrected chi connectivity index (χ4v) is 3.36. The van der Waals surface area contributed by atoms with Gasteiger partial charge in [-0.05, 0) is 25.1 Å². The highest BCUT2D eigenvalue weighted by atomic mass is 35.5. The molecule has 1 heterocycles. The van der Waals surface area contributed by atoms with Crippen LogP contribution in [0.5, 0.6) is 0 Å². The lowest BCUT2D eigenvalue weighted by Crippen LogP contribution is -2.31. The fraction of sp³-hybridized carbons (Fsp3) is 0.250. The van der Waals surface area contributed by atoms with E-state index in [1.165, 1.54) is 13.2 Å². The molecule has 0 aliphatic carbocycles. The SMILES string of the molecule is CC(CNC(=O)c1ccc(-c2nocc2CNC(=O)OC(C)c2ccccc2Cl)cc1)C(=O)O. The molecule has 178 valence electrons. The lowest BCUT2D eigenvalue weighted by molar-refractivity contribution is -0.140. The standard InChI is InChI=1S/C24H24ClN3O6/c1-14(23(30)31)11-26-22(29)17-9-7-16(8-10-17)21-18(13-33-28-21)12-27-24(32)34-15(2)19-5-3-4-6-20(19)25/h3-10,13-15H,11-12H2,1-2H3,(H,26,29)(H,27,32)(H,30,31). The summed E-state index contributed by atoms with van der Waals surface area (Å²) >= 11 is 6.14. The molecule has 2 atom stereocenters. The average Bonchev–Trinajstić information content (AvgIpc) is 3.30. The van der Waals surface area contributed by atoms with Gasteiger partial charge in [-0.15, -0.1) is 0 Å². The van der Waals surface area contributed by atoms with E-state index < -0.39 is 24.1 Å². The number of nitrogens with one attached hydrogen (secondary N) is 2. The first-order valence-electron chi connectivity index (χ1n) is 10.5. The van der Waals surface area contributed by atoms with Gasteiger partial charge < -0.3 is 25.0 Å². The van der Waals surface area contributed by atoms with E-state index >= 15 is 0 Å². The summed E-state index contributed by atoms with van der Waals surface area (Å²) in [5.41, 5.74) is 2.88. The van der Waals surface area contributed by atoms with Crippen LogP contribution in [0.3, 0.4) is 0 Å². The Morgan fingerprint density at radius 3 is 2.47 bits per heavy atom. The number of carboxylic acid groups (broad SMARTS) is 1. The number of alkyl carbamates (subject to hydrolysis) is 1. The highest BCUT2D eigenvalue weighted by Gasteiger charge is 2.17. The fourth-order valence-electron chi connectivity index (χ4n) is 3.07. The Morgan fingerprint density at radius 1 is 1.09 bits per heavy atom. The first kappa shape index (κ1) is 24.8. The first-order chi connectivity index (χ1) is 16.3. The lowest BCUT2D eigenvalue weighted by Gasteiger charge is -2.15. The van der Waals surface area contributed by atoms with Crippen LogP contribution in [-0.4, -0.2) is 34.8 Å². The Kier molecular flexibility index (Phi) is 8.26. The third kappa shape index (κ3) is 6.35. The number of carbonyl (C=O) groups is 3. The number of carbonyl (C=O) groups excluding carboxylic acids is 2. The minimum absolute atomic E-state index is 0.0280. The predicted molar refractivity (Wildman–Crippen MR) is 124 cm³/mol. The molecule has 0 aliphatic heterocycles. The highest BCUT2D eigenvalue weighted by molar-refractivity contribution is 6.31. The van der Waals surface area contributed by atoms with Crippen LogP contribution in [0.1, 0.15) is 41.4 Å². The number of carboxylic acids is 1. The van der Waals surface area contributed by atoms with E-state index in [1.54, 1.807) is 49.4 Å². The molecule has 10 heteroatoms. The van der Waals surface area contributed by atoms with Crippen molar-refractivity contribution in [2.75, 3.05) is 6.54 Å². The van der Waals surface area contributed by atoms with Crippen LogP contribution in [0, 0.1) is 5.92 Å². The molecule has 2 amide bonds. The summed E-state index contributed by atoms with van der Waals surface area (Å²) in [5.74, 6) is -2.05. The largest absolute Gasteiger partial charge is 0.481 e. The van der Waals surface area contributed by atoms with Crippen molar-refractivity contribution in [3.05, 3.63) is 76.5 Å². The highest BCUT2D eigenvalue weighted by Crippen LogP contribution is 2.25. The normalized spacial score (nSPS) is 12.4. The smallest absolute Gasteiger partial charge is 0.408 e. The Balaban J connectivity index is 1.58. The molecular weight excluding hydrogens is 462 g/mol. The van der Waals surface area contributed by atoms with Crippen molar-refractivity contribution in [1.82, 2.24) is 15.8 Å². The summed E-state index contributed by atoms with van der Waals surface area (Å²) in [4.78, 5) is 35.3. The zero-order valence-corrected chi connectivity index (χ0v) is 19.3.